The molecule has 0 aliphatic heterocycles. The Labute approximate surface area is 85.7 Å². The molecule has 0 atom stereocenters. The van der Waals surface area contributed by atoms with Crippen LogP contribution >= 0.6 is 0 Å². The molecule has 2 rings (SSSR count). The van der Waals surface area contributed by atoms with Gasteiger partial charge >= 0.3 is 5.97 Å². The van der Waals surface area contributed by atoms with Crippen molar-refractivity contribution in [3.63, 3.8) is 0 Å². The van der Waals surface area contributed by atoms with E-state index in [1.165, 1.54) is 51.4 Å². The third-order valence-corrected chi connectivity index (χ3v) is 4.32. The van der Waals surface area contributed by atoms with Gasteiger partial charge in [0, 0.05) is 0 Å². The molecule has 0 heterocycles. The number of hydrogen-bond donors (Lipinski definition) is 1. The molecule has 0 bridgehead atoms. The van der Waals surface area contributed by atoms with E-state index in [1.807, 2.05) is 0 Å². The standard InChI is InChI=1S/C12H20O2/c13-11(14)9-12(7-3-4-8-12)10-5-1-2-6-10/h10H,1-9H2,(H,13,14). The number of rotatable bonds is 3. The van der Waals surface area contributed by atoms with E-state index in [9.17, 15) is 4.79 Å². The lowest BCUT2D eigenvalue weighted by Gasteiger charge is -2.34. The molecule has 0 unspecified atom stereocenters. The topological polar surface area (TPSA) is 37.3 Å². The number of aliphatic carboxylic acids is 1. The van der Waals surface area contributed by atoms with Crippen molar-refractivity contribution in [2.45, 2.75) is 57.8 Å². The molecule has 0 spiro atoms. The van der Waals surface area contributed by atoms with Gasteiger partial charge in [0.15, 0.2) is 0 Å². The van der Waals surface area contributed by atoms with Crippen LogP contribution in [0.3, 0.4) is 0 Å². The van der Waals surface area contributed by atoms with E-state index in [4.69, 9.17) is 5.11 Å². The fourth-order valence-electron chi connectivity index (χ4n) is 3.65. The molecule has 80 valence electrons. The highest BCUT2D eigenvalue weighted by atomic mass is 16.4. The van der Waals surface area contributed by atoms with Gasteiger partial charge in [-0.25, -0.2) is 0 Å². The SMILES string of the molecule is O=C(O)CC1(C2CCCC2)CCCC1. The van der Waals surface area contributed by atoms with E-state index >= 15 is 0 Å². The van der Waals surface area contributed by atoms with Gasteiger partial charge in [-0.1, -0.05) is 25.7 Å². The van der Waals surface area contributed by atoms with Crippen molar-refractivity contribution in [3.8, 4) is 0 Å². The molecule has 0 aromatic rings. The molecule has 0 aromatic carbocycles. The van der Waals surface area contributed by atoms with E-state index in [2.05, 4.69) is 0 Å². The fourth-order valence-corrected chi connectivity index (χ4v) is 3.65. The zero-order valence-corrected chi connectivity index (χ0v) is 8.80. The van der Waals surface area contributed by atoms with Gasteiger partial charge in [-0.15, -0.1) is 0 Å². The van der Waals surface area contributed by atoms with Crippen molar-refractivity contribution in [2.24, 2.45) is 11.3 Å². The largest absolute Gasteiger partial charge is 0.481 e. The van der Waals surface area contributed by atoms with Crippen LogP contribution in [-0.4, -0.2) is 11.1 Å². The molecule has 14 heavy (non-hydrogen) atoms. The quantitative estimate of drug-likeness (QED) is 0.752. The van der Waals surface area contributed by atoms with Crippen LogP contribution in [-0.2, 0) is 4.79 Å². The van der Waals surface area contributed by atoms with Gasteiger partial charge in [-0.05, 0) is 37.0 Å². The third kappa shape index (κ3) is 1.79. The monoisotopic (exact) mass is 196 g/mol. The van der Waals surface area contributed by atoms with Crippen LogP contribution in [0.2, 0.25) is 0 Å². The third-order valence-electron chi connectivity index (χ3n) is 4.32. The van der Waals surface area contributed by atoms with Crippen LogP contribution in [0.1, 0.15) is 57.8 Å². The maximum atomic E-state index is 10.9. The lowest BCUT2D eigenvalue weighted by molar-refractivity contribution is -0.140. The smallest absolute Gasteiger partial charge is 0.303 e. The summed E-state index contributed by atoms with van der Waals surface area (Å²) < 4.78 is 0. The molecule has 0 saturated heterocycles. The molecular formula is C12H20O2. The van der Waals surface area contributed by atoms with E-state index < -0.39 is 5.97 Å². The average Bonchev–Trinajstić information content (AvgIpc) is 2.69. The van der Waals surface area contributed by atoms with Gasteiger partial charge in [0.1, 0.15) is 0 Å². The van der Waals surface area contributed by atoms with Gasteiger partial charge in [-0.3, -0.25) is 4.79 Å². The second-order valence-electron chi connectivity index (χ2n) is 5.12. The van der Waals surface area contributed by atoms with Crippen molar-refractivity contribution < 1.29 is 9.90 Å². The first-order valence-electron chi connectivity index (χ1n) is 5.95. The van der Waals surface area contributed by atoms with E-state index in [0.29, 0.717) is 6.42 Å². The number of carboxylic acid groups (broad SMARTS) is 1. The minimum absolute atomic E-state index is 0.197. The molecule has 2 heteroatoms. The Balaban J connectivity index is 2.08. The van der Waals surface area contributed by atoms with Crippen molar-refractivity contribution in [2.75, 3.05) is 0 Å². The van der Waals surface area contributed by atoms with Crippen molar-refractivity contribution >= 4 is 5.97 Å². The number of carbonyl (C=O) groups is 1. The van der Waals surface area contributed by atoms with Gasteiger partial charge in [-0.2, -0.15) is 0 Å². The molecule has 2 aliphatic carbocycles. The van der Waals surface area contributed by atoms with Gasteiger partial charge in [0.05, 0.1) is 6.42 Å². The van der Waals surface area contributed by atoms with Crippen molar-refractivity contribution in [1.82, 2.24) is 0 Å². The molecule has 0 amide bonds. The van der Waals surface area contributed by atoms with E-state index in [1.54, 1.807) is 0 Å². The number of hydrogen-bond acceptors (Lipinski definition) is 1. The van der Waals surface area contributed by atoms with Gasteiger partial charge in [0.25, 0.3) is 0 Å². The normalized spacial score (nSPS) is 26.9. The predicted molar refractivity (Wildman–Crippen MR) is 55.1 cm³/mol. The van der Waals surface area contributed by atoms with Crippen LogP contribution < -0.4 is 0 Å². The molecule has 1 N–H and O–H groups in total. The Morgan fingerprint density at radius 3 is 2.21 bits per heavy atom. The maximum Gasteiger partial charge on any atom is 0.303 e. The Morgan fingerprint density at radius 2 is 1.71 bits per heavy atom. The maximum absolute atomic E-state index is 10.9. The van der Waals surface area contributed by atoms with E-state index in [-0.39, 0.29) is 5.41 Å². The summed E-state index contributed by atoms with van der Waals surface area (Å²) in [6.07, 6.45) is 10.5. The molecule has 0 radical (unpaired) electrons. The van der Waals surface area contributed by atoms with Crippen molar-refractivity contribution in [1.29, 1.82) is 0 Å². The summed E-state index contributed by atoms with van der Waals surface area (Å²) in [6, 6.07) is 0. The summed E-state index contributed by atoms with van der Waals surface area (Å²) in [5.41, 5.74) is 0.197. The first-order chi connectivity index (χ1) is 6.73. The first-order valence-corrected chi connectivity index (χ1v) is 5.95. The Kier molecular flexibility index (Phi) is 2.80. The fraction of sp³-hybridized carbons (Fsp3) is 0.917. The lowest BCUT2D eigenvalue weighted by Crippen LogP contribution is -2.28. The van der Waals surface area contributed by atoms with E-state index in [0.717, 1.165) is 5.92 Å². The van der Waals surface area contributed by atoms with Crippen LogP contribution in [0, 0.1) is 11.3 Å². The van der Waals surface area contributed by atoms with Crippen molar-refractivity contribution in [3.05, 3.63) is 0 Å². The predicted octanol–water partition coefficient (Wildman–Crippen LogP) is 3.21. The zero-order valence-electron chi connectivity index (χ0n) is 8.80. The summed E-state index contributed by atoms with van der Waals surface area (Å²) in [4.78, 5) is 10.9. The average molecular weight is 196 g/mol. The first kappa shape index (κ1) is 10.0. The van der Waals surface area contributed by atoms with Crippen LogP contribution in [0.15, 0.2) is 0 Å². The summed E-state index contributed by atoms with van der Waals surface area (Å²) in [6.45, 7) is 0. The summed E-state index contributed by atoms with van der Waals surface area (Å²) in [7, 11) is 0. The molecule has 2 fully saturated rings. The molecular weight excluding hydrogens is 176 g/mol. The highest BCUT2D eigenvalue weighted by Gasteiger charge is 2.43. The highest BCUT2D eigenvalue weighted by Crippen LogP contribution is 2.52. The summed E-state index contributed by atoms with van der Waals surface area (Å²) in [5, 5.41) is 9.00. The zero-order chi connectivity index (χ0) is 10.0. The second-order valence-corrected chi connectivity index (χ2v) is 5.12. The minimum Gasteiger partial charge on any atom is -0.481 e. The van der Waals surface area contributed by atoms with Gasteiger partial charge < -0.3 is 5.11 Å². The molecule has 2 aliphatic rings. The Bertz CT molecular complexity index is 210. The van der Waals surface area contributed by atoms with Crippen LogP contribution in [0.25, 0.3) is 0 Å². The molecule has 2 saturated carbocycles. The Morgan fingerprint density at radius 1 is 1.14 bits per heavy atom. The Hall–Kier alpha value is -0.530. The second kappa shape index (κ2) is 3.92. The summed E-state index contributed by atoms with van der Waals surface area (Å²) in [5.74, 6) is 0.139. The molecule has 0 aromatic heterocycles. The minimum atomic E-state index is -0.584. The number of carboxylic acids is 1. The lowest BCUT2D eigenvalue weighted by atomic mass is 9.70. The van der Waals surface area contributed by atoms with Crippen LogP contribution in [0.5, 0.6) is 0 Å². The highest BCUT2D eigenvalue weighted by molar-refractivity contribution is 5.67. The summed E-state index contributed by atoms with van der Waals surface area (Å²) >= 11 is 0. The molecule has 2 nitrogen and oxygen atoms in total. The van der Waals surface area contributed by atoms with Crippen LogP contribution in [0.4, 0.5) is 0 Å². The van der Waals surface area contributed by atoms with Gasteiger partial charge in [0.2, 0.25) is 0 Å².